The second kappa shape index (κ2) is 10.8. The maximum Gasteiger partial charge on any atom is 0.333 e. The van der Waals surface area contributed by atoms with Gasteiger partial charge in [-0.15, -0.1) is 0 Å². The van der Waals surface area contributed by atoms with Gasteiger partial charge in [0.2, 0.25) is 0 Å². The molecule has 0 bridgehead atoms. The van der Waals surface area contributed by atoms with Crippen LogP contribution in [0.3, 0.4) is 0 Å². The first-order chi connectivity index (χ1) is 15.0. The van der Waals surface area contributed by atoms with Gasteiger partial charge >= 0.3 is 5.97 Å². The lowest BCUT2D eigenvalue weighted by Crippen LogP contribution is -2.08. The van der Waals surface area contributed by atoms with Gasteiger partial charge in [-0.1, -0.05) is 56.3 Å². The zero-order chi connectivity index (χ0) is 22.2. The first-order valence-corrected chi connectivity index (χ1v) is 10.7. The van der Waals surface area contributed by atoms with Crippen LogP contribution < -0.4 is 4.74 Å². The van der Waals surface area contributed by atoms with Crippen molar-refractivity contribution in [3.8, 4) is 16.9 Å². The summed E-state index contributed by atoms with van der Waals surface area (Å²) in [7, 11) is 0. The molecule has 4 nitrogen and oxygen atoms in total. The molecule has 31 heavy (non-hydrogen) atoms. The van der Waals surface area contributed by atoms with Crippen molar-refractivity contribution in [2.75, 3.05) is 19.8 Å². The van der Waals surface area contributed by atoms with Gasteiger partial charge in [0.1, 0.15) is 12.4 Å². The molecule has 3 rings (SSSR count). The minimum atomic E-state index is -0.351. The lowest BCUT2D eigenvalue weighted by atomic mass is 9.93. The highest BCUT2D eigenvalue weighted by Crippen LogP contribution is 2.30. The van der Waals surface area contributed by atoms with Gasteiger partial charge < -0.3 is 14.6 Å². The Morgan fingerprint density at radius 1 is 0.968 bits per heavy atom. The molecule has 0 aliphatic heterocycles. The fourth-order valence-corrected chi connectivity index (χ4v) is 3.60. The van der Waals surface area contributed by atoms with E-state index < -0.39 is 0 Å². The molecule has 0 aromatic heterocycles. The zero-order valence-corrected chi connectivity index (χ0v) is 18.3. The number of hydrogen-bond acceptors (Lipinski definition) is 4. The number of ether oxygens (including phenoxy) is 2. The SMILES string of the molecule is C=C(C)C(=O)OCCc1cc(CCC)ccc1-c1ccc2cc(OCCO)ccc2c1. The Hall–Kier alpha value is -3.11. The van der Waals surface area contributed by atoms with Gasteiger partial charge in [0, 0.05) is 12.0 Å². The van der Waals surface area contributed by atoms with Gasteiger partial charge in [0.05, 0.1) is 13.2 Å². The van der Waals surface area contributed by atoms with Gasteiger partial charge in [-0.25, -0.2) is 4.79 Å². The molecule has 3 aromatic carbocycles. The molecule has 0 heterocycles. The number of carbonyl (C=O) groups is 1. The van der Waals surface area contributed by atoms with Gasteiger partial charge in [0.25, 0.3) is 0 Å². The molecule has 1 N–H and O–H groups in total. The number of aliphatic hydroxyl groups is 1. The van der Waals surface area contributed by atoms with E-state index in [2.05, 4.69) is 49.9 Å². The van der Waals surface area contributed by atoms with Crippen LogP contribution >= 0.6 is 0 Å². The number of rotatable bonds is 10. The summed E-state index contributed by atoms with van der Waals surface area (Å²) in [4.78, 5) is 11.8. The first-order valence-electron chi connectivity index (χ1n) is 10.7. The number of aryl methyl sites for hydroxylation is 1. The van der Waals surface area contributed by atoms with Crippen LogP contribution in [0.25, 0.3) is 21.9 Å². The predicted molar refractivity (Wildman–Crippen MR) is 125 cm³/mol. The normalized spacial score (nSPS) is 10.8. The molecule has 3 aromatic rings. The molecule has 0 amide bonds. The molecule has 0 saturated heterocycles. The molecule has 162 valence electrons. The number of fused-ring (bicyclic) bond motifs is 1. The Bertz CT molecular complexity index is 1070. The fourth-order valence-electron chi connectivity index (χ4n) is 3.60. The summed E-state index contributed by atoms with van der Waals surface area (Å²) in [5, 5.41) is 11.1. The van der Waals surface area contributed by atoms with Crippen LogP contribution in [0.4, 0.5) is 0 Å². The summed E-state index contributed by atoms with van der Waals surface area (Å²) in [6.45, 7) is 8.08. The number of hydrogen-bond donors (Lipinski definition) is 1. The standard InChI is InChI=1S/C27H30O4/c1-4-5-20-6-11-26(24(16-20)12-14-31-27(29)19(2)3)23-8-7-22-18-25(30-15-13-28)10-9-21(22)17-23/h6-11,16-18,28H,2,4-5,12-15H2,1,3H3. The van der Waals surface area contributed by atoms with E-state index in [1.165, 1.54) is 11.1 Å². The molecule has 0 aliphatic rings. The Kier molecular flexibility index (Phi) is 7.85. The minimum Gasteiger partial charge on any atom is -0.491 e. The maximum atomic E-state index is 11.8. The van der Waals surface area contributed by atoms with Crippen LogP contribution in [0.15, 0.2) is 66.7 Å². The number of benzene rings is 3. The van der Waals surface area contributed by atoms with Crippen molar-refractivity contribution in [1.29, 1.82) is 0 Å². The van der Waals surface area contributed by atoms with E-state index >= 15 is 0 Å². The largest absolute Gasteiger partial charge is 0.491 e. The van der Waals surface area contributed by atoms with Crippen molar-refractivity contribution in [1.82, 2.24) is 0 Å². The topological polar surface area (TPSA) is 55.8 Å². The van der Waals surface area contributed by atoms with Crippen molar-refractivity contribution >= 4 is 16.7 Å². The van der Waals surface area contributed by atoms with E-state index in [1.54, 1.807) is 6.92 Å². The number of aliphatic hydroxyl groups excluding tert-OH is 1. The van der Waals surface area contributed by atoms with Gasteiger partial charge in [-0.3, -0.25) is 0 Å². The third-order valence-corrected chi connectivity index (χ3v) is 5.14. The lowest BCUT2D eigenvalue weighted by Gasteiger charge is -2.14. The fraction of sp³-hybridized carbons (Fsp3) is 0.296. The van der Waals surface area contributed by atoms with Crippen molar-refractivity contribution in [2.45, 2.75) is 33.1 Å². The van der Waals surface area contributed by atoms with E-state index in [9.17, 15) is 4.79 Å². The van der Waals surface area contributed by atoms with Crippen molar-refractivity contribution < 1.29 is 19.4 Å². The van der Waals surface area contributed by atoms with E-state index in [-0.39, 0.29) is 19.2 Å². The molecule has 0 spiro atoms. The van der Waals surface area contributed by atoms with Crippen LogP contribution in [-0.2, 0) is 22.4 Å². The molecule has 0 atom stereocenters. The summed E-state index contributed by atoms with van der Waals surface area (Å²) in [5.41, 5.74) is 5.15. The second-order valence-electron chi connectivity index (χ2n) is 7.70. The van der Waals surface area contributed by atoms with Crippen LogP contribution in [0.1, 0.15) is 31.4 Å². The Balaban J connectivity index is 1.89. The first kappa shape index (κ1) is 22.6. The summed E-state index contributed by atoms with van der Waals surface area (Å²) in [5.74, 6) is 0.398. The third-order valence-electron chi connectivity index (χ3n) is 5.14. The molecule has 4 heteroatoms. The van der Waals surface area contributed by atoms with Crippen molar-refractivity contribution in [3.63, 3.8) is 0 Å². The molecular weight excluding hydrogens is 388 g/mol. The monoisotopic (exact) mass is 418 g/mol. The molecule has 0 radical (unpaired) electrons. The van der Waals surface area contributed by atoms with E-state index in [4.69, 9.17) is 14.6 Å². The van der Waals surface area contributed by atoms with Crippen LogP contribution in [0, 0.1) is 0 Å². The molecule has 0 aliphatic carbocycles. The summed E-state index contributed by atoms with van der Waals surface area (Å²) in [6, 6.07) is 18.9. The van der Waals surface area contributed by atoms with Crippen molar-refractivity contribution in [3.05, 3.63) is 77.9 Å². The molecule has 0 saturated carbocycles. The predicted octanol–water partition coefficient (Wildman–Crippen LogP) is 5.49. The van der Waals surface area contributed by atoms with E-state index in [1.807, 2.05) is 18.2 Å². The summed E-state index contributed by atoms with van der Waals surface area (Å²) < 4.78 is 10.9. The van der Waals surface area contributed by atoms with Crippen LogP contribution in [0.2, 0.25) is 0 Å². The highest BCUT2D eigenvalue weighted by atomic mass is 16.5. The van der Waals surface area contributed by atoms with E-state index in [0.717, 1.165) is 40.5 Å². The van der Waals surface area contributed by atoms with E-state index in [0.29, 0.717) is 18.6 Å². The average Bonchev–Trinajstić information content (AvgIpc) is 2.77. The van der Waals surface area contributed by atoms with Crippen molar-refractivity contribution in [2.24, 2.45) is 0 Å². The second-order valence-corrected chi connectivity index (χ2v) is 7.70. The van der Waals surface area contributed by atoms with Gasteiger partial charge in [-0.05, 0) is 64.6 Å². The quantitative estimate of drug-likeness (QED) is 0.349. The van der Waals surface area contributed by atoms with Gasteiger partial charge in [-0.2, -0.15) is 0 Å². The highest BCUT2D eigenvalue weighted by Gasteiger charge is 2.10. The minimum absolute atomic E-state index is 0.00451. The summed E-state index contributed by atoms with van der Waals surface area (Å²) >= 11 is 0. The summed E-state index contributed by atoms with van der Waals surface area (Å²) in [6.07, 6.45) is 2.76. The molecule has 0 fully saturated rings. The Morgan fingerprint density at radius 3 is 2.48 bits per heavy atom. The molecular formula is C27H30O4. The highest BCUT2D eigenvalue weighted by molar-refractivity contribution is 5.89. The number of esters is 1. The van der Waals surface area contributed by atoms with Crippen LogP contribution in [0.5, 0.6) is 5.75 Å². The number of carbonyl (C=O) groups excluding carboxylic acids is 1. The van der Waals surface area contributed by atoms with Gasteiger partial charge in [0.15, 0.2) is 0 Å². The Morgan fingerprint density at radius 2 is 1.74 bits per heavy atom. The Labute approximate surface area is 184 Å². The molecule has 0 unspecified atom stereocenters. The smallest absolute Gasteiger partial charge is 0.333 e. The zero-order valence-electron chi connectivity index (χ0n) is 18.3. The van der Waals surface area contributed by atoms with Crippen LogP contribution in [-0.4, -0.2) is 30.9 Å². The average molecular weight is 419 g/mol. The maximum absolute atomic E-state index is 11.8. The lowest BCUT2D eigenvalue weighted by molar-refractivity contribution is -0.138. The third kappa shape index (κ3) is 5.96.